The molecule has 0 amide bonds. The van der Waals surface area contributed by atoms with E-state index in [1.54, 1.807) is 11.8 Å². The summed E-state index contributed by atoms with van der Waals surface area (Å²) in [6.45, 7) is 2.61. The van der Waals surface area contributed by atoms with E-state index in [0.717, 1.165) is 50.0 Å². The maximum atomic E-state index is 12.1. The molecule has 0 rings (SSSR count). The van der Waals surface area contributed by atoms with E-state index in [4.69, 9.17) is 4.74 Å². The summed E-state index contributed by atoms with van der Waals surface area (Å²) < 4.78 is 5.12. The highest BCUT2D eigenvalue weighted by atomic mass is 32.2. The third kappa shape index (κ3) is 12.1. The van der Waals surface area contributed by atoms with Crippen LogP contribution in [0.1, 0.15) is 58.3 Å². The Morgan fingerprint density at radius 3 is 2.52 bits per heavy atom. The number of Topliss-reactive ketones (excluding diaryl/α,β-unsaturated/α-hetero) is 1. The number of rotatable bonds is 14. The van der Waals surface area contributed by atoms with Gasteiger partial charge in [-0.3, -0.25) is 9.59 Å². The fraction of sp³-hybridized carbons (Fsp3) is 0.875. The van der Waals surface area contributed by atoms with Gasteiger partial charge in [-0.25, -0.2) is 0 Å². The minimum Gasteiger partial charge on any atom is -0.466 e. The molecule has 1 unspecified atom stereocenters. The first-order valence-corrected chi connectivity index (χ1v) is 9.96. The van der Waals surface area contributed by atoms with Crippen molar-refractivity contribution in [1.82, 2.24) is 0 Å². The third-order valence-electron chi connectivity index (χ3n) is 3.43. The zero-order valence-corrected chi connectivity index (χ0v) is 15.1. The van der Waals surface area contributed by atoms with E-state index in [0.29, 0.717) is 25.2 Å². The maximum Gasteiger partial charge on any atom is 0.305 e. The number of carbonyl (C=O) groups excluding carboxylic acids is 2. The summed E-state index contributed by atoms with van der Waals surface area (Å²) in [6, 6.07) is 0. The number of thioether (sulfide) groups is 1. The van der Waals surface area contributed by atoms with Crippen molar-refractivity contribution in [3.05, 3.63) is 0 Å². The number of esters is 1. The van der Waals surface area contributed by atoms with Gasteiger partial charge < -0.3 is 4.74 Å². The lowest BCUT2D eigenvalue weighted by Crippen LogP contribution is -2.16. The number of ketones is 1. The van der Waals surface area contributed by atoms with E-state index in [1.807, 2.05) is 6.26 Å². The summed E-state index contributed by atoms with van der Waals surface area (Å²) >= 11 is 5.95. The van der Waals surface area contributed by atoms with Gasteiger partial charge in [-0.1, -0.05) is 19.8 Å². The second-order valence-corrected chi connectivity index (χ2v) is 6.67. The SMILES string of the molecule is CCCCOC(=O)CCCCC(CCS)C(=O)CCSC. The second-order valence-electron chi connectivity index (χ2n) is 5.24. The fourth-order valence-electron chi connectivity index (χ4n) is 2.09. The average Bonchev–Trinajstić information content (AvgIpc) is 2.48. The molecule has 0 radical (unpaired) electrons. The number of unbranched alkanes of at least 4 members (excludes halogenated alkanes) is 2. The first-order chi connectivity index (χ1) is 10.2. The first-order valence-electron chi connectivity index (χ1n) is 7.93. The highest BCUT2D eigenvalue weighted by Gasteiger charge is 2.17. The summed E-state index contributed by atoms with van der Waals surface area (Å²) in [5.74, 6) is 2.00. The molecule has 0 bridgehead atoms. The predicted molar refractivity (Wildman–Crippen MR) is 94.3 cm³/mol. The van der Waals surface area contributed by atoms with Crippen molar-refractivity contribution in [2.75, 3.05) is 24.4 Å². The highest BCUT2D eigenvalue weighted by Crippen LogP contribution is 2.18. The molecule has 0 saturated heterocycles. The normalized spacial score (nSPS) is 12.1. The molecule has 0 aliphatic heterocycles. The summed E-state index contributed by atoms with van der Waals surface area (Å²) in [5.41, 5.74) is 0. The quantitative estimate of drug-likeness (QED) is 0.294. The fourth-order valence-corrected chi connectivity index (χ4v) is 2.81. The molecule has 3 nitrogen and oxygen atoms in total. The van der Waals surface area contributed by atoms with Crippen molar-refractivity contribution >= 4 is 36.1 Å². The summed E-state index contributed by atoms with van der Waals surface area (Å²) in [7, 11) is 0. The molecule has 1 atom stereocenters. The molecule has 0 N–H and O–H groups in total. The Morgan fingerprint density at radius 1 is 1.14 bits per heavy atom. The molecule has 5 heteroatoms. The lowest BCUT2D eigenvalue weighted by Gasteiger charge is -2.14. The van der Waals surface area contributed by atoms with Gasteiger partial charge in [0, 0.05) is 18.8 Å². The van der Waals surface area contributed by atoms with Gasteiger partial charge in [0.25, 0.3) is 0 Å². The van der Waals surface area contributed by atoms with Crippen LogP contribution in [0.2, 0.25) is 0 Å². The Labute approximate surface area is 139 Å². The Bertz CT molecular complexity index is 283. The van der Waals surface area contributed by atoms with Crippen LogP contribution in [0.5, 0.6) is 0 Å². The Kier molecular flexibility index (Phi) is 14.7. The molecule has 0 aliphatic rings. The smallest absolute Gasteiger partial charge is 0.305 e. The molecule has 124 valence electrons. The Balaban J connectivity index is 3.82. The van der Waals surface area contributed by atoms with E-state index < -0.39 is 0 Å². The largest absolute Gasteiger partial charge is 0.466 e. The topological polar surface area (TPSA) is 43.4 Å². The molecule has 0 saturated carbocycles. The highest BCUT2D eigenvalue weighted by molar-refractivity contribution is 7.98. The van der Waals surface area contributed by atoms with Crippen molar-refractivity contribution < 1.29 is 14.3 Å². The summed E-state index contributed by atoms with van der Waals surface area (Å²) in [4.78, 5) is 23.5. The molecular weight excluding hydrogens is 304 g/mol. The van der Waals surface area contributed by atoms with Crippen LogP contribution < -0.4 is 0 Å². The maximum absolute atomic E-state index is 12.1. The number of ether oxygens (including phenoxy) is 1. The lowest BCUT2D eigenvalue weighted by molar-refractivity contribution is -0.143. The van der Waals surface area contributed by atoms with Crippen molar-refractivity contribution in [2.24, 2.45) is 5.92 Å². The molecule has 0 aromatic rings. The number of hydrogen-bond acceptors (Lipinski definition) is 5. The molecule has 21 heavy (non-hydrogen) atoms. The van der Waals surface area contributed by atoms with Gasteiger partial charge in [0.2, 0.25) is 0 Å². The van der Waals surface area contributed by atoms with Crippen molar-refractivity contribution in [3.8, 4) is 0 Å². The van der Waals surface area contributed by atoms with E-state index in [2.05, 4.69) is 19.6 Å². The molecule has 0 fully saturated rings. The first kappa shape index (κ1) is 20.8. The van der Waals surface area contributed by atoms with Crippen molar-refractivity contribution in [2.45, 2.75) is 58.3 Å². The molecule has 0 spiro atoms. The van der Waals surface area contributed by atoms with Crippen LogP contribution >= 0.6 is 24.4 Å². The second kappa shape index (κ2) is 14.8. The predicted octanol–water partition coefficient (Wildman–Crippen LogP) is 4.15. The van der Waals surface area contributed by atoms with Crippen molar-refractivity contribution in [1.29, 1.82) is 0 Å². The molecular formula is C16H30O3S2. The zero-order valence-electron chi connectivity index (χ0n) is 13.4. The van der Waals surface area contributed by atoms with E-state index in [9.17, 15) is 9.59 Å². The minimum absolute atomic E-state index is 0.108. The van der Waals surface area contributed by atoms with Crippen LogP contribution in [0, 0.1) is 5.92 Å². The van der Waals surface area contributed by atoms with Crippen LogP contribution in [0.25, 0.3) is 0 Å². The van der Waals surface area contributed by atoms with Gasteiger partial charge >= 0.3 is 5.97 Å². The number of thiol groups is 1. The molecule has 0 aromatic carbocycles. The van der Waals surface area contributed by atoms with Crippen LogP contribution in [0.15, 0.2) is 0 Å². The van der Waals surface area contributed by atoms with Gasteiger partial charge in [0.1, 0.15) is 5.78 Å². The minimum atomic E-state index is -0.108. The van der Waals surface area contributed by atoms with E-state index in [1.165, 1.54) is 0 Å². The molecule has 0 heterocycles. The van der Waals surface area contributed by atoms with E-state index >= 15 is 0 Å². The standard InChI is InChI=1S/C16H30O3S2/c1-3-4-11-19-16(18)8-6-5-7-14(9-12-20)15(17)10-13-21-2/h14,20H,3-13H2,1-2H3. The number of carbonyl (C=O) groups is 2. The van der Waals surface area contributed by atoms with Crippen LogP contribution in [-0.2, 0) is 14.3 Å². The Hall–Kier alpha value is -0.160. The zero-order chi connectivity index (χ0) is 15.9. The average molecular weight is 335 g/mol. The van der Waals surface area contributed by atoms with Gasteiger partial charge in [0.15, 0.2) is 0 Å². The molecule has 0 aromatic heterocycles. The van der Waals surface area contributed by atoms with Gasteiger partial charge in [-0.15, -0.1) is 0 Å². The van der Waals surface area contributed by atoms with Crippen LogP contribution in [0.3, 0.4) is 0 Å². The Morgan fingerprint density at radius 2 is 1.90 bits per heavy atom. The van der Waals surface area contributed by atoms with Gasteiger partial charge in [0.05, 0.1) is 6.61 Å². The summed E-state index contributed by atoms with van der Waals surface area (Å²) in [5, 5.41) is 0. The summed E-state index contributed by atoms with van der Waals surface area (Å²) in [6.07, 6.45) is 8.54. The van der Waals surface area contributed by atoms with Crippen molar-refractivity contribution in [3.63, 3.8) is 0 Å². The molecule has 0 aliphatic carbocycles. The third-order valence-corrected chi connectivity index (χ3v) is 4.30. The van der Waals surface area contributed by atoms with Gasteiger partial charge in [-0.2, -0.15) is 24.4 Å². The monoisotopic (exact) mass is 334 g/mol. The van der Waals surface area contributed by atoms with Crippen LogP contribution in [0.4, 0.5) is 0 Å². The lowest BCUT2D eigenvalue weighted by atomic mass is 9.93. The van der Waals surface area contributed by atoms with Crippen LogP contribution in [-0.4, -0.2) is 36.1 Å². The van der Waals surface area contributed by atoms with Gasteiger partial charge in [-0.05, 0) is 43.4 Å². The number of hydrogen-bond donors (Lipinski definition) is 1. The van der Waals surface area contributed by atoms with E-state index in [-0.39, 0.29) is 11.9 Å².